The van der Waals surface area contributed by atoms with Gasteiger partial charge in [0.25, 0.3) is 5.91 Å². The lowest BCUT2D eigenvalue weighted by atomic mass is 9.43. The highest BCUT2D eigenvalue weighted by atomic mass is 35.5. The summed E-state index contributed by atoms with van der Waals surface area (Å²) in [5.74, 6) is -1.34. The van der Waals surface area contributed by atoms with E-state index in [-0.39, 0.29) is 11.5 Å². The zero-order valence-corrected chi connectivity index (χ0v) is 24.5. The number of benzene rings is 2. The zero-order valence-electron chi connectivity index (χ0n) is 23.8. The van der Waals surface area contributed by atoms with Gasteiger partial charge in [-0.05, 0) is 87.1 Å². The van der Waals surface area contributed by atoms with Gasteiger partial charge in [0, 0.05) is 5.02 Å². The third-order valence-electron chi connectivity index (χ3n) is 9.45. The Morgan fingerprint density at radius 3 is 2.37 bits per heavy atom. The minimum atomic E-state index is -4.72. The Kier molecular flexibility index (Phi) is 7.53. The van der Waals surface area contributed by atoms with Gasteiger partial charge in [0.2, 0.25) is 5.91 Å². The highest BCUT2D eigenvalue weighted by Crippen LogP contribution is 2.65. The number of hydrogen-bond donors (Lipinski definition) is 2. The minimum Gasteiger partial charge on any atom is -0.404 e. The Balaban J connectivity index is 1.36. The van der Waals surface area contributed by atoms with Crippen LogP contribution in [0.2, 0.25) is 5.02 Å². The molecule has 6 nitrogen and oxygen atoms in total. The van der Waals surface area contributed by atoms with E-state index in [2.05, 4.69) is 31.4 Å². The third-order valence-corrected chi connectivity index (χ3v) is 9.71. The van der Waals surface area contributed by atoms with Crippen molar-refractivity contribution in [3.8, 4) is 0 Å². The Morgan fingerprint density at radius 2 is 1.73 bits per heavy atom. The van der Waals surface area contributed by atoms with Gasteiger partial charge in [0.05, 0.1) is 28.8 Å². The van der Waals surface area contributed by atoms with Gasteiger partial charge in [0.15, 0.2) is 0 Å². The first-order valence-corrected chi connectivity index (χ1v) is 14.3. The first-order valence-electron chi connectivity index (χ1n) is 13.9. The number of nitrogens with one attached hydrogen (secondary N) is 2. The summed E-state index contributed by atoms with van der Waals surface area (Å²) in [7, 11) is -0.753. The summed E-state index contributed by atoms with van der Waals surface area (Å²) in [6.07, 6.45) is -2.53. The quantitative estimate of drug-likeness (QED) is 0.396. The Morgan fingerprint density at radius 1 is 1.07 bits per heavy atom. The first kappa shape index (κ1) is 29.9. The van der Waals surface area contributed by atoms with E-state index < -0.39 is 53.3 Å². The molecule has 0 radical (unpaired) electrons. The normalized spacial score (nSPS) is 27.4. The van der Waals surface area contributed by atoms with E-state index in [1.807, 2.05) is 12.1 Å². The lowest BCUT2D eigenvalue weighted by molar-refractivity contribution is -0.199. The van der Waals surface area contributed by atoms with E-state index in [4.69, 9.17) is 20.9 Å². The van der Waals surface area contributed by atoms with E-state index in [1.54, 1.807) is 12.1 Å². The van der Waals surface area contributed by atoms with E-state index in [1.165, 1.54) is 26.0 Å². The fourth-order valence-electron chi connectivity index (χ4n) is 6.85. The molecular weight excluding hydrogens is 556 g/mol. The predicted molar refractivity (Wildman–Crippen MR) is 150 cm³/mol. The van der Waals surface area contributed by atoms with Gasteiger partial charge in [-0.3, -0.25) is 9.59 Å². The van der Waals surface area contributed by atoms with E-state index >= 15 is 0 Å². The molecule has 220 valence electrons. The van der Waals surface area contributed by atoms with E-state index in [9.17, 15) is 22.8 Å². The molecule has 3 aliphatic carbocycles. The minimum absolute atomic E-state index is 0.111. The van der Waals surface area contributed by atoms with Crippen LogP contribution in [0.5, 0.6) is 0 Å². The maximum absolute atomic E-state index is 13.6. The van der Waals surface area contributed by atoms with Crippen molar-refractivity contribution >= 4 is 30.5 Å². The molecule has 41 heavy (non-hydrogen) atoms. The van der Waals surface area contributed by atoms with Crippen molar-refractivity contribution in [2.24, 2.45) is 17.3 Å². The SMILES string of the molecule is CC(C)(NC(=O)c1ccccc1C(F)(F)F)C(=O)N[C@@H](Cc1ccc(Cl)cc1)B1O[C@@H]2CC3C[C@@H](C3(C)C)[C@]2(C)O1. The summed E-state index contributed by atoms with van der Waals surface area (Å²) in [4.78, 5) is 26.6. The topological polar surface area (TPSA) is 76.7 Å². The lowest BCUT2D eigenvalue weighted by Crippen LogP contribution is -2.65. The van der Waals surface area contributed by atoms with Crippen molar-refractivity contribution in [1.82, 2.24) is 10.6 Å². The number of rotatable bonds is 7. The fraction of sp³-hybridized carbons (Fsp3) is 0.533. The zero-order chi connectivity index (χ0) is 30.0. The van der Waals surface area contributed by atoms with Gasteiger partial charge in [-0.25, -0.2) is 0 Å². The molecule has 2 aromatic rings. The Bertz CT molecular complexity index is 1340. The van der Waals surface area contributed by atoms with Crippen molar-refractivity contribution in [3.05, 3.63) is 70.2 Å². The highest BCUT2D eigenvalue weighted by molar-refractivity contribution is 6.48. The second kappa shape index (κ2) is 10.3. The van der Waals surface area contributed by atoms with Crippen LogP contribution in [0.25, 0.3) is 0 Å². The van der Waals surface area contributed by atoms with Crippen molar-refractivity contribution in [3.63, 3.8) is 0 Å². The molecule has 2 bridgehead atoms. The summed E-state index contributed by atoms with van der Waals surface area (Å²) in [5, 5.41) is 6.04. The fourth-order valence-corrected chi connectivity index (χ4v) is 6.97. The smallest absolute Gasteiger partial charge is 0.404 e. The molecule has 11 heteroatoms. The number of halogens is 4. The molecule has 5 atom stereocenters. The van der Waals surface area contributed by atoms with Gasteiger partial charge in [0.1, 0.15) is 5.54 Å². The van der Waals surface area contributed by atoms with Gasteiger partial charge in [-0.2, -0.15) is 13.2 Å². The van der Waals surface area contributed by atoms with Crippen LogP contribution in [0.4, 0.5) is 13.2 Å². The predicted octanol–water partition coefficient (Wildman–Crippen LogP) is 5.86. The second-order valence-electron chi connectivity index (χ2n) is 12.9. The number of amides is 2. The highest BCUT2D eigenvalue weighted by Gasteiger charge is 2.68. The molecule has 1 saturated heterocycles. The average molecular weight is 591 g/mol. The van der Waals surface area contributed by atoms with Crippen molar-refractivity contribution in [1.29, 1.82) is 0 Å². The number of alkyl halides is 3. The molecule has 1 heterocycles. The summed E-state index contributed by atoms with van der Waals surface area (Å²) < 4.78 is 53.7. The van der Waals surface area contributed by atoms with Crippen molar-refractivity contribution in [2.75, 3.05) is 0 Å². The molecule has 1 unspecified atom stereocenters. The van der Waals surface area contributed by atoms with Crippen LogP contribution in [-0.4, -0.2) is 42.1 Å². The summed E-state index contributed by atoms with van der Waals surface area (Å²) >= 11 is 6.08. The molecule has 2 amide bonds. The maximum atomic E-state index is 13.6. The summed E-state index contributed by atoms with van der Waals surface area (Å²) in [6, 6.07) is 11.7. The second-order valence-corrected chi connectivity index (χ2v) is 13.3. The third kappa shape index (κ3) is 5.50. The van der Waals surface area contributed by atoms with Crippen LogP contribution >= 0.6 is 11.6 Å². The van der Waals surface area contributed by atoms with E-state index in [0.29, 0.717) is 23.3 Å². The Labute approximate surface area is 243 Å². The molecule has 4 aliphatic rings. The summed E-state index contributed by atoms with van der Waals surface area (Å²) in [5.41, 5.74) is -2.65. The van der Waals surface area contributed by atoms with Crippen LogP contribution in [0, 0.1) is 17.3 Å². The number of hydrogen-bond acceptors (Lipinski definition) is 4. The van der Waals surface area contributed by atoms with Gasteiger partial charge < -0.3 is 19.9 Å². The number of carbonyl (C=O) groups excluding carboxylic acids is 2. The molecule has 2 aromatic carbocycles. The molecule has 3 saturated carbocycles. The molecule has 4 fully saturated rings. The Hall–Kier alpha value is -2.56. The van der Waals surface area contributed by atoms with Crippen LogP contribution in [0.3, 0.4) is 0 Å². The molecule has 6 rings (SSSR count). The van der Waals surface area contributed by atoms with Crippen LogP contribution in [-0.2, 0) is 26.7 Å². The van der Waals surface area contributed by atoms with Crippen molar-refractivity contribution < 1.29 is 32.1 Å². The summed E-state index contributed by atoms with van der Waals surface area (Å²) in [6.45, 7) is 9.51. The van der Waals surface area contributed by atoms with Gasteiger partial charge in [-0.15, -0.1) is 0 Å². The van der Waals surface area contributed by atoms with Crippen molar-refractivity contribution in [2.45, 2.75) is 83.2 Å². The van der Waals surface area contributed by atoms with E-state index in [0.717, 1.165) is 30.5 Å². The molecule has 2 N–H and O–H groups in total. The monoisotopic (exact) mass is 590 g/mol. The van der Waals surface area contributed by atoms with Gasteiger partial charge in [-0.1, -0.05) is 49.7 Å². The standard InChI is InChI=1S/C30H35BClF3N2O4/c1-27(2)18-15-22(27)29(5)23(16-18)40-31(41-29)24(14-17-10-12-19(32)13-11-17)36-26(39)28(3,4)37-25(38)20-8-6-7-9-21(20)30(33,34)35/h6-13,18,22-24H,14-16H2,1-5H3,(H,36,39)(H,37,38)/t18?,22-,23+,24-,29-/m0/s1. The average Bonchev–Trinajstić information content (AvgIpc) is 3.25. The van der Waals surface area contributed by atoms with Crippen LogP contribution < -0.4 is 10.6 Å². The molecular formula is C30H35BClF3N2O4. The van der Waals surface area contributed by atoms with Crippen LogP contribution in [0.1, 0.15) is 68.9 Å². The molecule has 0 aromatic heterocycles. The number of carbonyl (C=O) groups is 2. The van der Waals surface area contributed by atoms with Gasteiger partial charge >= 0.3 is 13.3 Å². The molecule has 0 spiro atoms. The lowest BCUT2D eigenvalue weighted by Gasteiger charge is -2.64. The maximum Gasteiger partial charge on any atom is 0.482 e. The molecule has 1 aliphatic heterocycles. The largest absolute Gasteiger partial charge is 0.482 e. The van der Waals surface area contributed by atoms with Crippen LogP contribution in [0.15, 0.2) is 48.5 Å². The first-order chi connectivity index (χ1) is 19.0.